The van der Waals surface area contributed by atoms with Crippen LogP contribution in [0.4, 0.5) is 4.79 Å². The van der Waals surface area contributed by atoms with Crippen LogP contribution < -0.4 is 5.32 Å². The monoisotopic (exact) mass is 288 g/mol. The molecule has 0 aromatic heterocycles. The molecule has 0 spiro atoms. The fraction of sp³-hybridized carbons (Fsp3) is 0.588. The number of benzene rings is 1. The summed E-state index contributed by atoms with van der Waals surface area (Å²) in [6.07, 6.45) is 5.78. The maximum atomic E-state index is 12.3. The van der Waals surface area contributed by atoms with Gasteiger partial charge in [0.25, 0.3) is 0 Å². The van der Waals surface area contributed by atoms with Crippen LogP contribution in [0.2, 0.25) is 0 Å². The highest BCUT2D eigenvalue weighted by molar-refractivity contribution is 5.68. The Kier molecular flexibility index (Phi) is 4.76. The lowest BCUT2D eigenvalue weighted by Crippen LogP contribution is -2.49. The summed E-state index contributed by atoms with van der Waals surface area (Å²) in [5, 5.41) is 3.54. The summed E-state index contributed by atoms with van der Waals surface area (Å²) in [4.78, 5) is 14.2. The van der Waals surface area contributed by atoms with Gasteiger partial charge in [-0.3, -0.25) is 0 Å². The largest absolute Gasteiger partial charge is 0.445 e. The smallest absolute Gasteiger partial charge is 0.410 e. The summed E-state index contributed by atoms with van der Waals surface area (Å²) in [6, 6.07) is 10.8. The van der Waals surface area contributed by atoms with Crippen LogP contribution >= 0.6 is 0 Å². The van der Waals surface area contributed by atoms with Gasteiger partial charge in [0, 0.05) is 25.2 Å². The average molecular weight is 288 g/mol. The lowest BCUT2D eigenvalue weighted by atomic mass is 10.0. The molecule has 1 saturated heterocycles. The molecule has 0 bridgehead atoms. The molecule has 114 valence electrons. The minimum Gasteiger partial charge on any atom is -0.445 e. The predicted octanol–water partition coefficient (Wildman–Crippen LogP) is 2.93. The Bertz CT molecular complexity index is 459. The summed E-state index contributed by atoms with van der Waals surface area (Å²) in [5.41, 5.74) is 1.04. The summed E-state index contributed by atoms with van der Waals surface area (Å²) >= 11 is 0. The molecule has 21 heavy (non-hydrogen) atoms. The zero-order chi connectivity index (χ0) is 14.5. The molecule has 1 aromatic carbocycles. The number of nitrogens with zero attached hydrogens (tertiary/aromatic N) is 1. The van der Waals surface area contributed by atoms with E-state index in [1.807, 2.05) is 35.2 Å². The standard InChI is InChI=1S/C17H24N2O2/c20-17(21-13-14-6-2-1-3-7-14)19-11-5-4-8-16(19)12-18-15-9-10-15/h1-3,6-7,15-16,18H,4-5,8-13H2/t16-/m1/s1. The second-order valence-corrected chi connectivity index (χ2v) is 6.07. The van der Waals surface area contributed by atoms with Gasteiger partial charge in [-0.15, -0.1) is 0 Å². The van der Waals surface area contributed by atoms with Crippen molar-refractivity contribution in [3.05, 3.63) is 35.9 Å². The number of hydrogen-bond acceptors (Lipinski definition) is 3. The molecule has 1 aliphatic heterocycles. The van der Waals surface area contributed by atoms with Gasteiger partial charge in [0.05, 0.1) is 0 Å². The van der Waals surface area contributed by atoms with Gasteiger partial charge in [-0.05, 0) is 37.7 Å². The number of rotatable bonds is 5. The minimum atomic E-state index is -0.166. The van der Waals surface area contributed by atoms with Gasteiger partial charge in [0.1, 0.15) is 6.61 Å². The van der Waals surface area contributed by atoms with Crippen molar-refractivity contribution in [2.45, 2.75) is 50.8 Å². The molecular formula is C17H24N2O2. The first-order valence-electron chi connectivity index (χ1n) is 8.03. The van der Waals surface area contributed by atoms with Gasteiger partial charge in [-0.25, -0.2) is 4.79 Å². The zero-order valence-electron chi connectivity index (χ0n) is 12.5. The van der Waals surface area contributed by atoms with E-state index >= 15 is 0 Å². The lowest BCUT2D eigenvalue weighted by molar-refractivity contribution is 0.0678. The Labute approximate surface area is 126 Å². The van der Waals surface area contributed by atoms with Crippen LogP contribution in [0.3, 0.4) is 0 Å². The van der Waals surface area contributed by atoms with E-state index in [1.165, 1.54) is 19.3 Å². The molecule has 0 unspecified atom stereocenters. The molecule has 4 nitrogen and oxygen atoms in total. The number of hydrogen-bond donors (Lipinski definition) is 1. The van der Waals surface area contributed by atoms with Crippen molar-refractivity contribution in [3.63, 3.8) is 0 Å². The number of amides is 1. The quantitative estimate of drug-likeness (QED) is 0.905. The first kappa shape index (κ1) is 14.4. The molecule has 1 atom stereocenters. The summed E-state index contributed by atoms with van der Waals surface area (Å²) < 4.78 is 5.48. The molecule has 1 amide bonds. The first-order chi connectivity index (χ1) is 10.3. The molecule has 1 aliphatic carbocycles. The van der Waals surface area contributed by atoms with Crippen LogP contribution in [0, 0.1) is 0 Å². The van der Waals surface area contributed by atoms with Gasteiger partial charge in [0.15, 0.2) is 0 Å². The maximum absolute atomic E-state index is 12.3. The molecule has 2 fully saturated rings. The summed E-state index contributed by atoms with van der Waals surface area (Å²) in [7, 11) is 0. The van der Waals surface area contributed by atoms with Crippen molar-refractivity contribution < 1.29 is 9.53 Å². The van der Waals surface area contributed by atoms with E-state index in [-0.39, 0.29) is 6.09 Å². The molecule has 1 aromatic rings. The first-order valence-corrected chi connectivity index (χ1v) is 8.03. The molecule has 0 radical (unpaired) electrons. The van der Waals surface area contributed by atoms with Crippen LogP contribution in [0.5, 0.6) is 0 Å². The Hall–Kier alpha value is -1.55. The zero-order valence-corrected chi connectivity index (χ0v) is 12.5. The van der Waals surface area contributed by atoms with E-state index in [9.17, 15) is 4.79 Å². The van der Waals surface area contributed by atoms with E-state index in [4.69, 9.17) is 4.74 Å². The van der Waals surface area contributed by atoms with Crippen LogP contribution in [-0.4, -0.2) is 36.2 Å². The van der Waals surface area contributed by atoms with E-state index < -0.39 is 0 Å². The van der Waals surface area contributed by atoms with E-state index in [0.717, 1.165) is 31.5 Å². The average Bonchev–Trinajstić information content (AvgIpc) is 3.36. The van der Waals surface area contributed by atoms with Crippen molar-refractivity contribution in [2.24, 2.45) is 0 Å². The molecule has 1 N–H and O–H groups in total. The normalized spacial score (nSPS) is 22.1. The van der Waals surface area contributed by atoms with Crippen LogP contribution in [0.25, 0.3) is 0 Å². The fourth-order valence-electron chi connectivity index (χ4n) is 2.85. The van der Waals surface area contributed by atoms with Gasteiger partial charge in [-0.2, -0.15) is 0 Å². The predicted molar refractivity (Wildman–Crippen MR) is 82.0 cm³/mol. The van der Waals surface area contributed by atoms with Crippen LogP contribution in [0.15, 0.2) is 30.3 Å². The Morgan fingerprint density at radius 1 is 1.19 bits per heavy atom. The number of piperidine rings is 1. The molecule has 1 heterocycles. The third kappa shape index (κ3) is 4.21. The third-order valence-corrected chi connectivity index (χ3v) is 4.29. The van der Waals surface area contributed by atoms with Gasteiger partial charge in [0.2, 0.25) is 0 Å². The van der Waals surface area contributed by atoms with Gasteiger partial charge < -0.3 is 15.0 Å². The van der Waals surface area contributed by atoms with Crippen molar-refractivity contribution in [1.82, 2.24) is 10.2 Å². The second kappa shape index (κ2) is 6.94. The third-order valence-electron chi connectivity index (χ3n) is 4.29. The summed E-state index contributed by atoms with van der Waals surface area (Å²) in [6.45, 7) is 2.09. The highest BCUT2D eigenvalue weighted by atomic mass is 16.6. The second-order valence-electron chi connectivity index (χ2n) is 6.07. The van der Waals surface area contributed by atoms with Gasteiger partial charge in [-0.1, -0.05) is 30.3 Å². The number of carbonyl (C=O) groups excluding carboxylic acids is 1. The Morgan fingerprint density at radius 2 is 2.00 bits per heavy atom. The number of ether oxygens (including phenoxy) is 1. The highest BCUT2D eigenvalue weighted by Crippen LogP contribution is 2.22. The minimum absolute atomic E-state index is 0.166. The Morgan fingerprint density at radius 3 is 2.76 bits per heavy atom. The van der Waals surface area contributed by atoms with Crippen LogP contribution in [0.1, 0.15) is 37.7 Å². The highest BCUT2D eigenvalue weighted by Gasteiger charge is 2.29. The summed E-state index contributed by atoms with van der Waals surface area (Å²) in [5.74, 6) is 0. The lowest BCUT2D eigenvalue weighted by Gasteiger charge is -2.35. The Balaban J connectivity index is 1.50. The number of nitrogens with one attached hydrogen (secondary N) is 1. The topological polar surface area (TPSA) is 41.6 Å². The molecule has 3 rings (SSSR count). The van der Waals surface area contributed by atoms with Crippen molar-refractivity contribution in [2.75, 3.05) is 13.1 Å². The fourth-order valence-corrected chi connectivity index (χ4v) is 2.85. The molecule has 4 heteroatoms. The van der Waals surface area contributed by atoms with Crippen molar-refractivity contribution in [1.29, 1.82) is 0 Å². The SMILES string of the molecule is O=C(OCc1ccccc1)N1CCCC[C@@H]1CNC1CC1. The number of carbonyl (C=O) groups is 1. The van der Waals surface area contributed by atoms with Crippen LogP contribution in [-0.2, 0) is 11.3 Å². The molecule has 1 saturated carbocycles. The van der Waals surface area contributed by atoms with E-state index in [1.54, 1.807) is 0 Å². The van der Waals surface area contributed by atoms with E-state index in [0.29, 0.717) is 18.7 Å². The maximum Gasteiger partial charge on any atom is 0.410 e. The van der Waals surface area contributed by atoms with E-state index in [2.05, 4.69) is 5.32 Å². The molecular weight excluding hydrogens is 264 g/mol. The number of likely N-dealkylation sites (tertiary alicyclic amines) is 1. The molecule has 2 aliphatic rings. The van der Waals surface area contributed by atoms with Crippen molar-refractivity contribution in [3.8, 4) is 0 Å². The van der Waals surface area contributed by atoms with Gasteiger partial charge >= 0.3 is 6.09 Å². The van der Waals surface area contributed by atoms with Crippen molar-refractivity contribution >= 4 is 6.09 Å².